The summed E-state index contributed by atoms with van der Waals surface area (Å²) in [6.07, 6.45) is 4.21. The first-order chi connectivity index (χ1) is 13.4. The van der Waals surface area contributed by atoms with Gasteiger partial charge in [0.1, 0.15) is 5.82 Å². The molecule has 2 aromatic heterocycles. The maximum Gasteiger partial charge on any atom is 0.416 e. The fourth-order valence-corrected chi connectivity index (χ4v) is 4.28. The Morgan fingerprint density at radius 3 is 2.75 bits per heavy atom. The van der Waals surface area contributed by atoms with Crippen LogP contribution < -0.4 is 5.56 Å². The molecule has 1 aliphatic carbocycles. The minimum atomic E-state index is -4.42. The molecule has 28 heavy (non-hydrogen) atoms. The van der Waals surface area contributed by atoms with Crippen molar-refractivity contribution in [3.8, 4) is 0 Å². The van der Waals surface area contributed by atoms with E-state index in [1.807, 2.05) is 4.90 Å². The number of aromatic amines is 1. The van der Waals surface area contributed by atoms with Crippen LogP contribution in [0.15, 0.2) is 23.3 Å². The summed E-state index contributed by atoms with van der Waals surface area (Å²) in [7, 11) is 0. The average Bonchev–Trinajstić information content (AvgIpc) is 2.68. The standard InChI is InChI=1S/C20H23F3N4O/c21-20(22,23)16-6-8-24-10-14(16)11-27-9-7-17-15(12-27)19(28)26-18(25-17)13-4-2-1-3-5-13/h6,8,10,13H,1-5,7,9,11-12H2,(H,25,26,28). The molecule has 1 fully saturated rings. The molecule has 150 valence electrons. The van der Waals surface area contributed by atoms with E-state index >= 15 is 0 Å². The lowest BCUT2D eigenvalue weighted by Crippen LogP contribution is -2.36. The van der Waals surface area contributed by atoms with Gasteiger partial charge in [0.2, 0.25) is 0 Å². The number of halogens is 3. The Morgan fingerprint density at radius 1 is 1.21 bits per heavy atom. The second-order valence-corrected chi connectivity index (χ2v) is 7.70. The fourth-order valence-electron chi connectivity index (χ4n) is 4.28. The van der Waals surface area contributed by atoms with Crippen LogP contribution in [-0.2, 0) is 25.7 Å². The lowest BCUT2D eigenvalue weighted by Gasteiger charge is -2.29. The lowest BCUT2D eigenvalue weighted by atomic mass is 9.88. The monoisotopic (exact) mass is 392 g/mol. The van der Waals surface area contributed by atoms with Crippen molar-refractivity contribution in [3.63, 3.8) is 0 Å². The van der Waals surface area contributed by atoms with Crippen molar-refractivity contribution in [3.05, 3.63) is 57.0 Å². The van der Waals surface area contributed by atoms with E-state index in [9.17, 15) is 18.0 Å². The van der Waals surface area contributed by atoms with Crippen molar-refractivity contribution in [2.24, 2.45) is 0 Å². The number of rotatable bonds is 3. The van der Waals surface area contributed by atoms with Crippen LogP contribution in [0.1, 0.15) is 66.2 Å². The number of nitrogens with one attached hydrogen (secondary N) is 1. The minimum Gasteiger partial charge on any atom is -0.310 e. The van der Waals surface area contributed by atoms with Crippen molar-refractivity contribution in [1.29, 1.82) is 0 Å². The van der Waals surface area contributed by atoms with Crippen molar-refractivity contribution < 1.29 is 13.2 Å². The van der Waals surface area contributed by atoms with Gasteiger partial charge in [-0.2, -0.15) is 13.2 Å². The first-order valence-corrected chi connectivity index (χ1v) is 9.76. The molecule has 8 heteroatoms. The summed E-state index contributed by atoms with van der Waals surface area (Å²) in [6, 6.07) is 0.998. The molecule has 3 heterocycles. The van der Waals surface area contributed by atoms with E-state index in [2.05, 4.69) is 9.97 Å². The SMILES string of the molecule is O=c1[nH]c(C2CCCCC2)nc2c1CN(Cc1cnccc1C(F)(F)F)CC2. The Hall–Kier alpha value is -2.22. The van der Waals surface area contributed by atoms with Gasteiger partial charge in [0, 0.05) is 44.4 Å². The number of hydrogen-bond acceptors (Lipinski definition) is 4. The molecule has 0 radical (unpaired) electrons. The van der Waals surface area contributed by atoms with Crippen LogP contribution in [0.5, 0.6) is 0 Å². The van der Waals surface area contributed by atoms with Gasteiger partial charge in [-0.05, 0) is 24.5 Å². The van der Waals surface area contributed by atoms with E-state index in [0.29, 0.717) is 31.0 Å². The molecular weight excluding hydrogens is 369 g/mol. The molecular formula is C20H23F3N4O. The van der Waals surface area contributed by atoms with Gasteiger partial charge in [0.25, 0.3) is 5.56 Å². The topological polar surface area (TPSA) is 61.9 Å². The van der Waals surface area contributed by atoms with Gasteiger partial charge in [-0.15, -0.1) is 0 Å². The molecule has 0 spiro atoms. The summed E-state index contributed by atoms with van der Waals surface area (Å²) in [5, 5.41) is 0. The molecule has 2 aromatic rings. The van der Waals surface area contributed by atoms with E-state index in [1.54, 1.807) is 0 Å². The highest BCUT2D eigenvalue weighted by atomic mass is 19.4. The van der Waals surface area contributed by atoms with Crippen LogP contribution in [0, 0.1) is 0 Å². The molecule has 2 aliphatic rings. The van der Waals surface area contributed by atoms with Crippen LogP contribution in [-0.4, -0.2) is 26.4 Å². The van der Waals surface area contributed by atoms with Crippen LogP contribution in [0.2, 0.25) is 0 Å². The predicted octanol–water partition coefficient (Wildman–Crippen LogP) is 3.79. The van der Waals surface area contributed by atoms with E-state index in [4.69, 9.17) is 4.98 Å². The summed E-state index contributed by atoms with van der Waals surface area (Å²) < 4.78 is 39.6. The first-order valence-electron chi connectivity index (χ1n) is 9.76. The zero-order chi connectivity index (χ0) is 19.7. The quantitative estimate of drug-likeness (QED) is 0.863. The smallest absolute Gasteiger partial charge is 0.310 e. The number of nitrogens with zero attached hydrogens (tertiary/aromatic N) is 3. The molecule has 0 unspecified atom stereocenters. The Labute approximate surface area is 161 Å². The molecule has 1 N–H and O–H groups in total. The summed E-state index contributed by atoms with van der Waals surface area (Å²) >= 11 is 0. The van der Waals surface area contributed by atoms with Gasteiger partial charge in [-0.3, -0.25) is 14.7 Å². The van der Waals surface area contributed by atoms with Crippen LogP contribution >= 0.6 is 0 Å². The third kappa shape index (κ3) is 3.97. The van der Waals surface area contributed by atoms with Crippen molar-refractivity contribution in [2.75, 3.05) is 6.54 Å². The number of fused-ring (bicyclic) bond motifs is 1. The Morgan fingerprint density at radius 2 is 2.00 bits per heavy atom. The zero-order valence-electron chi connectivity index (χ0n) is 15.6. The highest BCUT2D eigenvalue weighted by Gasteiger charge is 2.34. The molecule has 0 saturated heterocycles. The van der Waals surface area contributed by atoms with Gasteiger partial charge < -0.3 is 4.98 Å². The number of H-pyrrole nitrogens is 1. The maximum absolute atomic E-state index is 13.2. The molecule has 1 aliphatic heterocycles. The van der Waals surface area contributed by atoms with Gasteiger partial charge in [0.15, 0.2) is 0 Å². The van der Waals surface area contributed by atoms with Crippen LogP contribution in [0.25, 0.3) is 0 Å². The number of pyridine rings is 1. The maximum atomic E-state index is 13.2. The second-order valence-electron chi connectivity index (χ2n) is 7.70. The lowest BCUT2D eigenvalue weighted by molar-refractivity contribution is -0.138. The van der Waals surface area contributed by atoms with E-state index < -0.39 is 11.7 Å². The van der Waals surface area contributed by atoms with Gasteiger partial charge >= 0.3 is 6.18 Å². The molecule has 0 bridgehead atoms. The van der Waals surface area contributed by atoms with Crippen molar-refractivity contribution >= 4 is 0 Å². The molecule has 1 saturated carbocycles. The Balaban J connectivity index is 1.54. The molecule has 0 aromatic carbocycles. The highest BCUT2D eigenvalue weighted by Crippen LogP contribution is 2.33. The Kier molecular flexibility index (Phi) is 5.23. The van der Waals surface area contributed by atoms with E-state index in [0.717, 1.165) is 49.5 Å². The Bertz CT molecular complexity index is 903. The second kappa shape index (κ2) is 7.66. The number of alkyl halides is 3. The summed E-state index contributed by atoms with van der Waals surface area (Å²) in [4.78, 5) is 26.0. The summed E-state index contributed by atoms with van der Waals surface area (Å²) in [5.74, 6) is 1.10. The first kappa shape index (κ1) is 19.1. The highest BCUT2D eigenvalue weighted by molar-refractivity contribution is 5.27. The third-order valence-corrected chi connectivity index (χ3v) is 5.76. The third-order valence-electron chi connectivity index (χ3n) is 5.76. The largest absolute Gasteiger partial charge is 0.416 e. The van der Waals surface area contributed by atoms with Crippen molar-refractivity contribution in [1.82, 2.24) is 19.9 Å². The van der Waals surface area contributed by atoms with E-state index in [-0.39, 0.29) is 17.7 Å². The number of aromatic nitrogens is 3. The minimum absolute atomic E-state index is 0.103. The average molecular weight is 392 g/mol. The molecule has 4 rings (SSSR count). The molecule has 0 atom stereocenters. The zero-order valence-corrected chi connectivity index (χ0v) is 15.6. The molecule has 5 nitrogen and oxygen atoms in total. The van der Waals surface area contributed by atoms with Gasteiger partial charge in [-0.25, -0.2) is 4.98 Å². The predicted molar refractivity (Wildman–Crippen MR) is 97.7 cm³/mol. The normalized spacial score (nSPS) is 18.8. The van der Waals surface area contributed by atoms with Gasteiger partial charge in [-0.1, -0.05) is 19.3 Å². The van der Waals surface area contributed by atoms with E-state index in [1.165, 1.54) is 12.6 Å². The van der Waals surface area contributed by atoms with Gasteiger partial charge in [0.05, 0.1) is 16.8 Å². The van der Waals surface area contributed by atoms with Crippen LogP contribution in [0.3, 0.4) is 0 Å². The van der Waals surface area contributed by atoms with Crippen LogP contribution in [0.4, 0.5) is 13.2 Å². The summed E-state index contributed by atoms with van der Waals surface area (Å²) in [5.41, 5.74) is 0.665. The van der Waals surface area contributed by atoms with Crippen molar-refractivity contribution in [2.45, 2.75) is 63.7 Å². The fraction of sp³-hybridized carbons (Fsp3) is 0.550. The number of hydrogen-bond donors (Lipinski definition) is 1. The molecule has 0 amide bonds. The summed E-state index contributed by atoms with van der Waals surface area (Å²) in [6.45, 7) is 0.973.